The normalized spacial score (nSPS) is 12.8. The van der Waals surface area contributed by atoms with Gasteiger partial charge in [-0.2, -0.15) is 0 Å². The SMILES string of the molecule is CNC(C)c1cc(C)ccc1OCCCC(C)C. The second-order valence-electron chi connectivity index (χ2n) is 5.44. The zero-order valence-electron chi connectivity index (χ0n) is 12.4. The van der Waals surface area contributed by atoms with Gasteiger partial charge in [-0.15, -0.1) is 0 Å². The van der Waals surface area contributed by atoms with Gasteiger partial charge in [0.05, 0.1) is 6.61 Å². The Morgan fingerprint density at radius 2 is 1.94 bits per heavy atom. The van der Waals surface area contributed by atoms with Gasteiger partial charge >= 0.3 is 0 Å². The fraction of sp³-hybridized carbons (Fsp3) is 0.625. The second kappa shape index (κ2) is 7.42. The molecular formula is C16H27NO. The molecule has 1 aromatic rings. The minimum Gasteiger partial charge on any atom is -0.493 e. The predicted octanol–water partition coefficient (Wildman–Crippen LogP) is 4.09. The van der Waals surface area contributed by atoms with Crippen molar-refractivity contribution in [2.24, 2.45) is 5.92 Å². The third-order valence-corrected chi connectivity index (χ3v) is 3.25. The fourth-order valence-corrected chi connectivity index (χ4v) is 1.97. The van der Waals surface area contributed by atoms with Crippen molar-refractivity contribution in [1.29, 1.82) is 0 Å². The number of nitrogens with one attached hydrogen (secondary N) is 1. The maximum atomic E-state index is 5.93. The van der Waals surface area contributed by atoms with Gasteiger partial charge in [0.15, 0.2) is 0 Å². The van der Waals surface area contributed by atoms with E-state index in [2.05, 4.69) is 51.2 Å². The van der Waals surface area contributed by atoms with E-state index < -0.39 is 0 Å². The number of aryl methyl sites for hydroxylation is 1. The van der Waals surface area contributed by atoms with Gasteiger partial charge in [-0.05, 0) is 45.7 Å². The van der Waals surface area contributed by atoms with Crippen LogP contribution in [0.3, 0.4) is 0 Å². The Labute approximate surface area is 112 Å². The third kappa shape index (κ3) is 4.69. The Bertz CT molecular complexity index is 360. The largest absolute Gasteiger partial charge is 0.493 e. The van der Waals surface area contributed by atoms with Gasteiger partial charge in [0.25, 0.3) is 0 Å². The van der Waals surface area contributed by atoms with Gasteiger partial charge in [0, 0.05) is 11.6 Å². The lowest BCUT2D eigenvalue weighted by Gasteiger charge is -2.17. The lowest BCUT2D eigenvalue weighted by Crippen LogP contribution is -2.14. The summed E-state index contributed by atoms with van der Waals surface area (Å²) in [6.45, 7) is 9.59. The average molecular weight is 249 g/mol. The molecule has 0 saturated heterocycles. The monoisotopic (exact) mass is 249 g/mol. The number of hydrogen-bond donors (Lipinski definition) is 1. The molecule has 0 aliphatic rings. The molecule has 1 unspecified atom stereocenters. The first kappa shape index (κ1) is 15.0. The number of benzene rings is 1. The van der Waals surface area contributed by atoms with Crippen molar-refractivity contribution in [3.8, 4) is 5.75 Å². The van der Waals surface area contributed by atoms with E-state index in [4.69, 9.17) is 4.74 Å². The van der Waals surface area contributed by atoms with Crippen molar-refractivity contribution < 1.29 is 4.74 Å². The van der Waals surface area contributed by atoms with Gasteiger partial charge in [-0.1, -0.05) is 31.5 Å². The van der Waals surface area contributed by atoms with Gasteiger partial charge < -0.3 is 10.1 Å². The summed E-state index contributed by atoms with van der Waals surface area (Å²) in [6.07, 6.45) is 2.35. The Kier molecular flexibility index (Phi) is 6.20. The van der Waals surface area contributed by atoms with E-state index in [-0.39, 0.29) is 0 Å². The van der Waals surface area contributed by atoms with Crippen molar-refractivity contribution in [2.45, 2.75) is 46.6 Å². The van der Waals surface area contributed by atoms with E-state index in [1.165, 1.54) is 17.5 Å². The summed E-state index contributed by atoms with van der Waals surface area (Å²) in [5.41, 5.74) is 2.53. The molecule has 1 atom stereocenters. The van der Waals surface area contributed by atoms with Crippen molar-refractivity contribution in [3.05, 3.63) is 29.3 Å². The van der Waals surface area contributed by atoms with Crippen LogP contribution in [0.15, 0.2) is 18.2 Å². The summed E-state index contributed by atoms with van der Waals surface area (Å²) in [5, 5.41) is 3.28. The second-order valence-corrected chi connectivity index (χ2v) is 5.44. The quantitative estimate of drug-likeness (QED) is 0.735. The van der Waals surface area contributed by atoms with Crippen LogP contribution in [0.2, 0.25) is 0 Å². The van der Waals surface area contributed by atoms with Crippen LogP contribution in [0.4, 0.5) is 0 Å². The van der Waals surface area contributed by atoms with Crippen molar-refractivity contribution in [1.82, 2.24) is 5.32 Å². The zero-order chi connectivity index (χ0) is 13.5. The van der Waals surface area contributed by atoms with E-state index in [9.17, 15) is 0 Å². The van der Waals surface area contributed by atoms with Crippen molar-refractivity contribution in [2.75, 3.05) is 13.7 Å². The summed E-state index contributed by atoms with van der Waals surface area (Å²) >= 11 is 0. The van der Waals surface area contributed by atoms with E-state index in [0.29, 0.717) is 6.04 Å². The fourth-order valence-electron chi connectivity index (χ4n) is 1.97. The van der Waals surface area contributed by atoms with Crippen molar-refractivity contribution >= 4 is 0 Å². The molecule has 0 bridgehead atoms. The van der Waals surface area contributed by atoms with Crippen LogP contribution in [0.5, 0.6) is 5.75 Å². The van der Waals surface area contributed by atoms with Crippen LogP contribution in [-0.2, 0) is 0 Å². The summed E-state index contributed by atoms with van der Waals surface area (Å²) < 4.78 is 5.93. The van der Waals surface area contributed by atoms with E-state index >= 15 is 0 Å². The Hall–Kier alpha value is -1.02. The lowest BCUT2D eigenvalue weighted by molar-refractivity contribution is 0.292. The predicted molar refractivity (Wildman–Crippen MR) is 78.2 cm³/mol. The van der Waals surface area contributed by atoms with Crippen LogP contribution in [-0.4, -0.2) is 13.7 Å². The maximum absolute atomic E-state index is 5.93. The molecule has 0 amide bonds. The maximum Gasteiger partial charge on any atom is 0.124 e. The minimum atomic E-state index is 0.324. The Morgan fingerprint density at radius 3 is 2.56 bits per heavy atom. The minimum absolute atomic E-state index is 0.324. The molecule has 0 fully saturated rings. The van der Waals surface area contributed by atoms with Crippen LogP contribution >= 0.6 is 0 Å². The van der Waals surface area contributed by atoms with Gasteiger partial charge in [-0.25, -0.2) is 0 Å². The molecule has 0 spiro atoms. The summed E-state index contributed by atoms with van der Waals surface area (Å²) in [6, 6.07) is 6.74. The van der Waals surface area contributed by atoms with E-state index in [0.717, 1.165) is 24.7 Å². The Morgan fingerprint density at radius 1 is 1.22 bits per heavy atom. The molecule has 0 saturated carbocycles. The third-order valence-electron chi connectivity index (χ3n) is 3.25. The summed E-state index contributed by atoms with van der Waals surface area (Å²) in [7, 11) is 1.98. The molecule has 0 heterocycles. The first-order valence-corrected chi connectivity index (χ1v) is 6.95. The van der Waals surface area contributed by atoms with Crippen LogP contribution in [0.1, 0.15) is 50.8 Å². The molecule has 0 aliphatic carbocycles. The molecule has 2 nitrogen and oxygen atoms in total. The van der Waals surface area contributed by atoms with E-state index in [1.807, 2.05) is 7.05 Å². The molecule has 0 aliphatic heterocycles. The molecule has 18 heavy (non-hydrogen) atoms. The standard InChI is InChI=1S/C16H27NO/c1-12(2)7-6-10-18-16-9-8-13(3)11-15(16)14(4)17-5/h8-9,11-12,14,17H,6-7,10H2,1-5H3. The van der Waals surface area contributed by atoms with Gasteiger partial charge in [0.2, 0.25) is 0 Å². The summed E-state index contributed by atoms with van der Waals surface area (Å²) in [5.74, 6) is 1.77. The highest BCUT2D eigenvalue weighted by Gasteiger charge is 2.10. The molecule has 1 aromatic carbocycles. The van der Waals surface area contributed by atoms with E-state index in [1.54, 1.807) is 0 Å². The molecule has 1 rings (SSSR count). The molecule has 0 aromatic heterocycles. The molecule has 0 radical (unpaired) electrons. The highest BCUT2D eigenvalue weighted by Crippen LogP contribution is 2.26. The highest BCUT2D eigenvalue weighted by molar-refractivity contribution is 5.38. The number of hydrogen-bond acceptors (Lipinski definition) is 2. The Balaban J connectivity index is 2.63. The average Bonchev–Trinajstić information content (AvgIpc) is 2.34. The van der Waals surface area contributed by atoms with Gasteiger partial charge in [-0.3, -0.25) is 0 Å². The topological polar surface area (TPSA) is 21.3 Å². The van der Waals surface area contributed by atoms with Crippen LogP contribution < -0.4 is 10.1 Å². The van der Waals surface area contributed by atoms with Crippen LogP contribution in [0.25, 0.3) is 0 Å². The summed E-state index contributed by atoms with van der Waals surface area (Å²) in [4.78, 5) is 0. The molecule has 2 heteroatoms. The zero-order valence-corrected chi connectivity index (χ0v) is 12.4. The molecule has 1 N–H and O–H groups in total. The first-order valence-electron chi connectivity index (χ1n) is 6.95. The molecular weight excluding hydrogens is 222 g/mol. The molecule has 102 valence electrons. The van der Waals surface area contributed by atoms with Gasteiger partial charge in [0.1, 0.15) is 5.75 Å². The van der Waals surface area contributed by atoms with Crippen LogP contribution in [0, 0.1) is 12.8 Å². The lowest BCUT2D eigenvalue weighted by atomic mass is 10.0. The van der Waals surface area contributed by atoms with Crippen molar-refractivity contribution in [3.63, 3.8) is 0 Å². The number of rotatable bonds is 7. The smallest absolute Gasteiger partial charge is 0.124 e. The highest BCUT2D eigenvalue weighted by atomic mass is 16.5. The number of ether oxygens (including phenoxy) is 1. The first-order chi connectivity index (χ1) is 8.54.